The molecule has 0 amide bonds. The van der Waals surface area contributed by atoms with E-state index in [9.17, 15) is 14.0 Å². The molecule has 0 aliphatic carbocycles. The molecule has 5 heteroatoms. The van der Waals surface area contributed by atoms with Crippen LogP contribution in [0, 0.1) is 11.7 Å². The summed E-state index contributed by atoms with van der Waals surface area (Å²) in [7, 11) is 1.20. The molecule has 0 spiro atoms. The molecule has 0 aliphatic rings. The summed E-state index contributed by atoms with van der Waals surface area (Å²) >= 11 is 5.53. The van der Waals surface area contributed by atoms with Crippen molar-refractivity contribution in [3.8, 4) is 0 Å². The summed E-state index contributed by atoms with van der Waals surface area (Å²) in [5, 5.41) is -0.150. The Morgan fingerprint density at radius 2 is 2.06 bits per heavy atom. The van der Waals surface area contributed by atoms with Crippen molar-refractivity contribution < 1.29 is 18.7 Å². The van der Waals surface area contributed by atoms with Crippen LogP contribution in [0.1, 0.15) is 17.3 Å². The summed E-state index contributed by atoms with van der Waals surface area (Å²) in [4.78, 5) is 22.9. The normalized spacial score (nSPS) is 12.0. The summed E-state index contributed by atoms with van der Waals surface area (Å²) in [5.74, 6) is -2.62. The van der Waals surface area contributed by atoms with E-state index >= 15 is 0 Å². The minimum absolute atomic E-state index is 0.150. The predicted octanol–water partition coefficient (Wildman–Crippen LogP) is 2.47. The van der Waals surface area contributed by atoms with Gasteiger partial charge in [0, 0.05) is 5.56 Å². The lowest BCUT2D eigenvalue weighted by atomic mass is 9.99. The fraction of sp³-hybridized carbons (Fsp3) is 0.273. The van der Waals surface area contributed by atoms with Crippen molar-refractivity contribution in [2.75, 3.05) is 7.11 Å². The van der Waals surface area contributed by atoms with Crippen molar-refractivity contribution in [1.29, 1.82) is 0 Å². The van der Waals surface area contributed by atoms with Crippen LogP contribution in [-0.2, 0) is 9.53 Å². The Balaban J connectivity index is 2.97. The molecule has 0 saturated heterocycles. The summed E-state index contributed by atoms with van der Waals surface area (Å²) < 4.78 is 17.3. The number of hydrogen-bond donors (Lipinski definition) is 0. The van der Waals surface area contributed by atoms with Crippen LogP contribution in [0.3, 0.4) is 0 Å². The summed E-state index contributed by atoms with van der Waals surface area (Å²) in [6.45, 7) is 1.42. The number of Topliss-reactive ketones (excluding diaryl/α,β-unsaturated/α-hetero) is 1. The fourth-order valence-electron chi connectivity index (χ4n) is 1.18. The number of rotatable bonds is 3. The lowest BCUT2D eigenvalue weighted by molar-refractivity contribution is -0.143. The highest BCUT2D eigenvalue weighted by Gasteiger charge is 2.23. The van der Waals surface area contributed by atoms with Gasteiger partial charge in [0.15, 0.2) is 5.78 Å². The Kier molecular flexibility index (Phi) is 4.01. The molecule has 1 aromatic rings. The zero-order chi connectivity index (χ0) is 12.3. The van der Waals surface area contributed by atoms with Crippen molar-refractivity contribution in [3.05, 3.63) is 34.6 Å². The highest BCUT2D eigenvalue weighted by atomic mass is 35.5. The number of esters is 1. The van der Waals surface area contributed by atoms with Crippen LogP contribution in [0.5, 0.6) is 0 Å². The quantitative estimate of drug-likeness (QED) is 0.466. The smallest absolute Gasteiger partial charge is 0.316 e. The zero-order valence-corrected chi connectivity index (χ0v) is 9.55. The second kappa shape index (κ2) is 5.07. The number of halogens is 2. The molecule has 1 aromatic carbocycles. The van der Waals surface area contributed by atoms with Gasteiger partial charge in [-0.1, -0.05) is 11.6 Å². The number of methoxy groups -OCH3 is 1. The molecule has 0 bridgehead atoms. The average molecular weight is 245 g/mol. The maximum absolute atomic E-state index is 12.9. The largest absolute Gasteiger partial charge is 0.468 e. The zero-order valence-electron chi connectivity index (χ0n) is 8.79. The van der Waals surface area contributed by atoms with E-state index in [1.807, 2.05) is 0 Å². The summed E-state index contributed by atoms with van der Waals surface area (Å²) in [6, 6.07) is 3.56. The molecule has 0 heterocycles. The Morgan fingerprint density at radius 1 is 1.44 bits per heavy atom. The third kappa shape index (κ3) is 2.58. The molecule has 0 radical (unpaired) electrons. The van der Waals surface area contributed by atoms with E-state index in [4.69, 9.17) is 11.6 Å². The van der Waals surface area contributed by atoms with Crippen LogP contribution in [0.15, 0.2) is 18.2 Å². The number of ketones is 1. The average Bonchev–Trinajstić information content (AvgIpc) is 2.29. The van der Waals surface area contributed by atoms with Gasteiger partial charge < -0.3 is 4.74 Å². The molecule has 16 heavy (non-hydrogen) atoms. The maximum atomic E-state index is 12.9. The van der Waals surface area contributed by atoms with Gasteiger partial charge >= 0.3 is 5.97 Å². The van der Waals surface area contributed by atoms with Gasteiger partial charge in [0.05, 0.1) is 12.1 Å². The van der Waals surface area contributed by atoms with Gasteiger partial charge in [-0.3, -0.25) is 9.59 Å². The number of benzene rings is 1. The molecule has 0 N–H and O–H groups in total. The van der Waals surface area contributed by atoms with Crippen molar-refractivity contribution in [1.82, 2.24) is 0 Å². The number of hydrogen-bond acceptors (Lipinski definition) is 3. The van der Waals surface area contributed by atoms with Crippen LogP contribution in [0.4, 0.5) is 4.39 Å². The Bertz CT molecular complexity index is 431. The second-order valence-corrected chi connectivity index (χ2v) is 3.65. The first-order valence-corrected chi connectivity index (χ1v) is 4.92. The second-order valence-electron chi connectivity index (χ2n) is 3.24. The highest BCUT2D eigenvalue weighted by Crippen LogP contribution is 2.18. The van der Waals surface area contributed by atoms with E-state index in [2.05, 4.69) is 4.74 Å². The lowest BCUT2D eigenvalue weighted by Crippen LogP contribution is -2.22. The molecule has 0 aliphatic heterocycles. The molecule has 0 fully saturated rings. The number of carbonyl (C=O) groups excluding carboxylic acids is 2. The molecule has 86 valence electrons. The van der Waals surface area contributed by atoms with Crippen LogP contribution in [-0.4, -0.2) is 18.9 Å². The van der Waals surface area contributed by atoms with E-state index in [1.54, 1.807) is 0 Å². The third-order valence-electron chi connectivity index (χ3n) is 2.15. The third-order valence-corrected chi connectivity index (χ3v) is 2.44. The minimum atomic E-state index is -0.925. The van der Waals surface area contributed by atoms with Gasteiger partial charge in [-0.2, -0.15) is 0 Å². The molecular weight excluding hydrogens is 235 g/mol. The van der Waals surface area contributed by atoms with Crippen molar-refractivity contribution in [2.45, 2.75) is 6.92 Å². The molecule has 1 rings (SSSR count). The Hall–Kier alpha value is -1.42. The van der Waals surface area contributed by atoms with Crippen molar-refractivity contribution in [3.63, 3.8) is 0 Å². The lowest BCUT2D eigenvalue weighted by Gasteiger charge is -2.08. The van der Waals surface area contributed by atoms with Crippen molar-refractivity contribution in [2.24, 2.45) is 5.92 Å². The molecule has 0 saturated carbocycles. The van der Waals surface area contributed by atoms with Gasteiger partial charge in [-0.05, 0) is 25.1 Å². The number of carbonyl (C=O) groups is 2. The monoisotopic (exact) mass is 244 g/mol. The highest BCUT2D eigenvalue weighted by molar-refractivity contribution is 6.31. The van der Waals surface area contributed by atoms with Crippen LogP contribution in [0.25, 0.3) is 0 Å². The van der Waals surface area contributed by atoms with Crippen LogP contribution < -0.4 is 0 Å². The van der Waals surface area contributed by atoms with Gasteiger partial charge in [0.1, 0.15) is 11.7 Å². The van der Waals surface area contributed by atoms with Gasteiger partial charge in [-0.15, -0.1) is 0 Å². The van der Waals surface area contributed by atoms with E-state index < -0.39 is 23.5 Å². The fourth-order valence-corrected chi connectivity index (χ4v) is 1.36. The van der Waals surface area contributed by atoms with Crippen LogP contribution >= 0.6 is 11.6 Å². The van der Waals surface area contributed by atoms with Crippen molar-refractivity contribution >= 4 is 23.4 Å². The first-order chi connectivity index (χ1) is 7.47. The van der Waals surface area contributed by atoms with Gasteiger partial charge in [0.25, 0.3) is 0 Å². The molecule has 3 nitrogen and oxygen atoms in total. The SMILES string of the molecule is COC(=O)C(C)C(=O)c1ccc(F)c(Cl)c1. The molecule has 1 atom stereocenters. The van der Waals surface area contributed by atoms with Gasteiger partial charge in [0.2, 0.25) is 0 Å². The Labute approximate surface area is 97.2 Å². The standard InChI is InChI=1S/C11H10ClFO3/c1-6(11(15)16-2)10(14)7-3-4-9(13)8(12)5-7/h3-6H,1-2H3. The number of ether oxygens (including phenoxy) is 1. The van der Waals surface area contributed by atoms with E-state index in [0.717, 1.165) is 6.07 Å². The maximum Gasteiger partial charge on any atom is 0.316 e. The molecule has 1 unspecified atom stereocenters. The first kappa shape index (κ1) is 12.6. The first-order valence-electron chi connectivity index (χ1n) is 4.54. The summed E-state index contributed by atoms with van der Waals surface area (Å²) in [6.07, 6.45) is 0. The molecular formula is C11H10ClFO3. The summed E-state index contributed by atoms with van der Waals surface area (Å²) in [5.41, 5.74) is 0.185. The van der Waals surface area contributed by atoms with E-state index in [0.29, 0.717) is 0 Å². The van der Waals surface area contributed by atoms with Crippen LogP contribution in [0.2, 0.25) is 5.02 Å². The Morgan fingerprint density at radius 3 is 2.56 bits per heavy atom. The van der Waals surface area contributed by atoms with E-state index in [1.165, 1.54) is 26.2 Å². The van der Waals surface area contributed by atoms with Gasteiger partial charge in [-0.25, -0.2) is 4.39 Å². The molecule has 0 aromatic heterocycles. The predicted molar refractivity (Wildman–Crippen MR) is 56.9 cm³/mol. The minimum Gasteiger partial charge on any atom is -0.468 e. The van der Waals surface area contributed by atoms with E-state index in [-0.39, 0.29) is 10.6 Å². The topological polar surface area (TPSA) is 43.4 Å².